The average Bonchev–Trinajstić information content (AvgIpc) is 3.25. The van der Waals surface area contributed by atoms with Gasteiger partial charge in [-0.2, -0.15) is 0 Å². The molecule has 0 unspecified atom stereocenters. The lowest BCUT2D eigenvalue weighted by Crippen LogP contribution is -2.27. The molecule has 0 atom stereocenters. The first kappa shape index (κ1) is 17.9. The second-order valence-electron chi connectivity index (χ2n) is 7.53. The first-order valence-corrected chi connectivity index (χ1v) is 9.80. The van der Waals surface area contributed by atoms with Crippen LogP contribution in [0.4, 0.5) is 0 Å². The first-order chi connectivity index (χ1) is 13.2. The van der Waals surface area contributed by atoms with Crippen molar-refractivity contribution in [1.82, 2.24) is 24.6 Å². The monoisotopic (exact) mass is 365 g/mol. The molecule has 1 aliphatic heterocycles. The van der Waals surface area contributed by atoms with Gasteiger partial charge in [-0.25, -0.2) is 4.98 Å². The highest BCUT2D eigenvalue weighted by Gasteiger charge is 2.20. The minimum Gasteiger partial charge on any atom is -0.448 e. The second-order valence-corrected chi connectivity index (χ2v) is 7.53. The van der Waals surface area contributed by atoms with E-state index in [0.717, 1.165) is 68.7 Å². The van der Waals surface area contributed by atoms with E-state index in [-0.39, 0.29) is 0 Å². The summed E-state index contributed by atoms with van der Waals surface area (Å²) in [6, 6.07) is 10.6. The van der Waals surface area contributed by atoms with Gasteiger partial charge in [0.05, 0.1) is 5.69 Å². The minimum atomic E-state index is 0.325. The van der Waals surface area contributed by atoms with Gasteiger partial charge >= 0.3 is 0 Å². The Morgan fingerprint density at radius 3 is 2.67 bits per heavy atom. The Balaban J connectivity index is 1.37. The Hall–Kier alpha value is -2.47. The molecule has 0 spiro atoms. The lowest BCUT2D eigenvalue weighted by Gasteiger charge is -2.17. The predicted molar refractivity (Wildman–Crippen MR) is 103 cm³/mol. The molecule has 0 amide bonds. The number of fused-ring (bicyclic) bond motifs is 1. The fraction of sp³-hybridized carbons (Fsp3) is 0.476. The van der Waals surface area contributed by atoms with Crippen LogP contribution >= 0.6 is 0 Å². The topological polar surface area (TPSA) is 60.0 Å². The predicted octanol–water partition coefficient (Wildman–Crippen LogP) is 3.23. The molecule has 3 heterocycles. The number of hydrogen-bond acceptors (Lipinski definition) is 5. The van der Waals surface area contributed by atoms with Gasteiger partial charge in [0.15, 0.2) is 5.89 Å². The van der Waals surface area contributed by atoms with Crippen molar-refractivity contribution in [3.63, 3.8) is 0 Å². The van der Waals surface area contributed by atoms with E-state index in [2.05, 4.69) is 68.8 Å². The van der Waals surface area contributed by atoms with Crippen LogP contribution in [0.2, 0.25) is 0 Å². The number of benzene rings is 1. The fourth-order valence-electron chi connectivity index (χ4n) is 3.56. The third-order valence-electron chi connectivity index (χ3n) is 5.12. The maximum Gasteiger partial charge on any atom is 0.196 e. The van der Waals surface area contributed by atoms with Gasteiger partial charge in [0.1, 0.15) is 17.9 Å². The summed E-state index contributed by atoms with van der Waals surface area (Å²) in [4.78, 5) is 7.04. The number of nitrogens with zero attached hydrogens (tertiary/aromatic N) is 5. The highest BCUT2D eigenvalue weighted by Crippen LogP contribution is 2.17. The molecule has 0 radical (unpaired) electrons. The average molecular weight is 365 g/mol. The van der Waals surface area contributed by atoms with E-state index in [1.165, 1.54) is 5.56 Å². The van der Waals surface area contributed by atoms with Crippen molar-refractivity contribution in [3.8, 4) is 0 Å². The van der Waals surface area contributed by atoms with Gasteiger partial charge in [-0.3, -0.25) is 4.90 Å². The quantitative estimate of drug-likeness (QED) is 0.671. The summed E-state index contributed by atoms with van der Waals surface area (Å²) in [5.41, 5.74) is 2.36. The van der Waals surface area contributed by atoms with Crippen LogP contribution in [-0.2, 0) is 32.4 Å². The van der Waals surface area contributed by atoms with Crippen molar-refractivity contribution in [1.29, 1.82) is 0 Å². The van der Waals surface area contributed by atoms with Gasteiger partial charge in [0.25, 0.3) is 0 Å². The fourth-order valence-corrected chi connectivity index (χ4v) is 3.56. The van der Waals surface area contributed by atoms with Crippen LogP contribution in [0.1, 0.15) is 48.6 Å². The highest BCUT2D eigenvalue weighted by molar-refractivity contribution is 5.16. The molecule has 1 aliphatic rings. The number of hydrogen-bond donors (Lipinski definition) is 0. The molecule has 6 nitrogen and oxygen atoms in total. The zero-order valence-corrected chi connectivity index (χ0v) is 16.1. The zero-order valence-electron chi connectivity index (χ0n) is 16.1. The third-order valence-corrected chi connectivity index (χ3v) is 5.12. The van der Waals surface area contributed by atoms with Crippen LogP contribution < -0.4 is 0 Å². The number of rotatable bonds is 6. The molecule has 0 N–H and O–H groups in total. The number of aromatic nitrogens is 4. The van der Waals surface area contributed by atoms with Crippen LogP contribution in [0.3, 0.4) is 0 Å². The molecule has 0 saturated heterocycles. The van der Waals surface area contributed by atoms with Gasteiger partial charge in [0.2, 0.25) is 0 Å². The lowest BCUT2D eigenvalue weighted by atomic mass is 10.1. The third kappa shape index (κ3) is 4.27. The molecular formula is C21H27N5O. The summed E-state index contributed by atoms with van der Waals surface area (Å²) in [5.74, 6) is 3.34. The number of aryl methyl sites for hydroxylation is 2. The maximum absolute atomic E-state index is 5.57. The first-order valence-electron chi connectivity index (χ1n) is 9.80. The molecule has 0 bridgehead atoms. The Labute approximate surface area is 160 Å². The van der Waals surface area contributed by atoms with Crippen LogP contribution in [0.5, 0.6) is 0 Å². The Morgan fingerprint density at radius 1 is 1.04 bits per heavy atom. The SMILES string of the molecule is CC(C)c1nc(CN2CCc3nnc(CCc4ccccc4)n3CC2)co1. The lowest BCUT2D eigenvalue weighted by molar-refractivity contribution is 0.267. The summed E-state index contributed by atoms with van der Waals surface area (Å²) >= 11 is 0. The van der Waals surface area contributed by atoms with Crippen LogP contribution in [0.25, 0.3) is 0 Å². The second kappa shape index (κ2) is 8.05. The van der Waals surface area contributed by atoms with E-state index in [1.54, 1.807) is 6.26 Å². The van der Waals surface area contributed by atoms with Crippen LogP contribution in [0.15, 0.2) is 41.0 Å². The largest absolute Gasteiger partial charge is 0.448 e. The smallest absolute Gasteiger partial charge is 0.196 e. The normalized spacial score (nSPS) is 15.1. The molecule has 4 rings (SSSR count). The molecule has 0 fully saturated rings. The molecule has 0 saturated carbocycles. The van der Waals surface area contributed by atoms with E-state index in [9.17, 15) is 0 Å². The molecule has 3 aromatic rings. The van der Waals surface area contributed by atoms with Crippen molar-refractivity contribution >= 4 is 0 Å². The van der Waals surface area contributed by atoms with E-state index >= 15 is 0 Å². The highest BCUT2D eigenvalue weighted by atomic mass is 16.3. The molecule has 27 heavy (non-hydrogen) atoms. The van der Waals surface area contributed by atoms with E-state index in [1.807, 2.05) is 0 Å². The summed E-state index contributed by atoms with van der Waals surface area (Å²) in [5, 5.41) is 8.90. The standard InChI is InChI=1S/C21H27N5O/c1-16(2)21-22-18(15-27-21)14-25-11-10-20-24-23-19(26(20)13-12-25)9-8-17-6-4-3-5-7-17/h3-7,15-16H,8-14H2,1-2H3. The Bertz CT molecular complexity index is 868. The molecule has 142 valence electrons. The van der Waals surface area contributed by atoms with Gasteiger partial charge in [-0.1, -0.05) is 44.2 Å². The molecule has 2 aromatic heterocycles. The minimum absolute atomic E-state index is 0.325. The van der Waals surface area contributed by atoms with E-state index in [4.69, 9.17) is 4.42 Å². The van der Waals surface area contributed by atoms with Crippen molar-refractivity contribution in [2.24, 2.45) is 0 Å². The Kier molecular flexibility index (Phi) is 5.34. The van der Waals surface area contributed by atoms with Crippen LogP contribution in [-0.4, -0.2) is 37.7 Å². The Morgan fingerprint density at radius 2 is 1.89 bits per heavy atom. The summed E-state index contributed by atoms with van der Waals surface area (Å²) in [6.45, 7) is 7.91. The van der Waals surface area contributed by atoms with Crippen LogP contribution in [0, 0.1) is 0 Å². The van der Waals surface area contributed by atoms with Crippen molar-refractivity contribution in [2.75, 3.05) is 13.1 Å². The van der Waals surface area contributed by atoms with Gasteiger partial charge in [-0.05, 0) is 12.0 Å². The number of oxazole rings is 1. The molecule has 0 aliphatic carbocycles. The summed E-state index contributed by atoms with van der Waals surface area (Å²) in [7, 11) is 0. The molecule has 1 aromatic carbocycles. The maximum atomic E-state index is 5.57. The zero-order chi connectivity index (χ0) is 18.6. The van der Waals surface area contributed by atoms with Gasteiger partial charge < -0.3 is 8.98 Å². The van der Waals surface area contributed by atoms with E-state index < -0.39 is 0 Å². The van der Waals surface area contributed by atoms with Gasteiger partial charge in [-0.15, -0.1) is 10.2 Å². The van der Waals surface area contributed by atoms with Crippen molar-refractivity contribution in [2.45, 2.75) is 52.1 Å². The van der Waals surface area contributed by atoms with E-state index in [0.29, 0.717) is 5.92 Å². The summed E-state index contributed by atoms with van der Waals surface area (Å²) < 4.78 is 7.88. The van der Waals surface area contributed by atoms with Crippen molar-refractivity contribution in [3.05, 3.63) is 65.4 Å². The van der Waals surface area contributed by atoms with Gasteiger partial charge in [0, 0.05) is 44.9 Å². The summed E-state index contributed by atoms with van der Waals surface area (Å²) in [6.07, 6.45) is 4.65. The molecular weight excluding hydrogens is 338 g/mol. The molecule has 6 heteroatoms. The van der Waals surface area contributed by atoms with Crippen molar-refractivity contribution < 1.29 is 4.42 Å².